The van der Waals surface area contributed by atoms with Crippen molar-refractivity contribution < 1.29 is 13.2 Å². The van der Waals surface area contributed by atoms with Gasteiger partial charge in [-0.2, -0.15) is 17.0 Å². The molecular formula is C21H31N7O3S. The average molecular weight is 462 g/mol. The number of piperazine rings is 1. The van der Waals surface area contributed by atoms with E-state index in [-0.39, 0.29) is 17.4 Å². The zero-order valence-corrected chi connectivity index (χ0v) is 19.5. The number of likely N-dealkylation sites (tertiary alicyclic amines) is 1. The van der Waals surface area contributed by atoms with Gasteiger partial charge in [0.15, 0.2) is 0 Å². The highest BCUT2D eigenvalue weighted by Gasteiger charge is 2.57. The molecule has 2 aromatic rings. The minimum Gasteiger partial charge on any atom is -0.353 e. The van der Waals surface area contributed by atoms with Crippen LogP contribution in [0.15, 0.2) is 18.6 Å². The number of amides is 1. The predicted octanol–water partition coefficient (Wildman–Crippen LogP) is 1.05. The first-order valence-corrected chi connectivity index (χ1v) is 12.8. The van der Waals surface area contributed by atoms with Crippen LogP contribution in [0, 0.1) is 5.92 Å². The minimum absolute atomic E-state index is 0.146. The van der Waals surface area contributed by atoms with E-state index in [2.05, 4.69) is 19.9 Å². The van der Waals surface area contributed by atoms with Crippen molar-refractivity contribution in [3.05, 3.63) is 18.6 Å². The van der Waals surface area contributed by atoms with Crippen LogP contribution in [0.1, 0.15) is 32.6 Å². The summed E-state index contributed by atoms with van der Waals surface area (Å²) in [5.74, 6) is 1.19. The molecule has 1 amide bonds. The van der Waals surface area contributed by atoms with Crippen molar-refractivity contribution >= 4 is 33.0 Å². The first-order chi connectivity index (χ1) is 15.3. The summed E-state index contributed by atoms with van der Waals surface area (Å²) in [7, 11) is -1.90. The van der Waals surface area contributed by atoms with Gasteiger partial charge >= 0.3 is 0 Å². The molecule has 3 aliphatic rings. The molecule has 10 nitrogen and oxygen atoms in total. The van der Waals surface area contributed by atoms with Crippen molar-refractivity contribution in [2.45, 2.75) is 38.1 Å². The molecule has 1 atom stereocenters. The van der Waals surface area contributed by atoms with Gasteiger partial charge in [0, 0.05) is 58.9 Å². The maximum absolute atomic E-state index is 13.5. The number of aromatic nitrogens is 3. The van der Waals surface area contributed by atoms with Gasteiger partial charge in [0.2, 0.25) is 5.91 Å². The second-order valence-electron chi connectivity index (χ2n) is 9.29. The summed E-state index contributed by atoms with van der Waals surface area (Å²) < 4.78 is 30.3. The highest BCUT2D eigenvalue weighted by Crippen LogP contribution is 2.47. The van der Waals surface area contributed by atoms with E-state index in [4.69, 9.17) is 0 Å². The predicted molar refractivity (Wildman–Crippen MR) is 121 cm³/mol. The van der Waals surface area contributed by atoms with E-state index in [0.29, 0.717) is 39.1 Å². The monoisotopic (exact) mass is 461 g/mol. The first kappa shape index (κ1) is 21.6. The summed E-state index contributed by atoms with van der Waals surface area (Å²) in [6.07, 6.45) is 6.47. The number of nitrogens with zero attached hydrogens (tertiary/aromatic N) is 6. The molecule has 4 heterocycles. The number of carbonyl (C=O) groups excluding carboxylic acids is 1. The van der Waals surface area contributed by atoms with E-state index in [1.54, 1.807) is 17.7 Å². The van der Waals surface area contributed by atoms with E-state index < -0.39 is 10.2 Å². The number of aromatic amines is 1. The standard InChI is InChI=1S/C21H31N7O3S/c1-3-18(29)26-9-5-16(13-26)12-25(2)32(30,31)28-11-10-27(14-21(28)6-7-21)20-17-4-8-22-19(17)23-15-24-20/h4,8,15-16H,3,5-7,9-14H2,1-2H3,(H,22,23,24). The zero-order valence-electron chi connectivity index (χ0n) is 18.7. The Bertz CT molecular complexity index is 1110. The summed E-state index contributed by atoms with van der Waals surface area (Å²) in [5.41, 5.74) is 0.431. The average Bonchev–Trinajstić information content (AvgIpc) is 3.19. The number of carbonyl (C=O) groups is 1. The smallest absolute Gasteiger partial charge is 0.282 e. The Morgan fingerprint density at radius 1 is 1.28 bits per heavy atom. The Hall–Kier alpha value is -2.24. The van der Waals surface area contributed by atoms with Crippen LogP contribution in [0.3, 0.4) is 0 Å². The summed E-state index contributed by atoms with van der Waals surface area (Å²) in [5, 5.41) is 0.962. The quantitative estimate of drug-likeness (QED) is 0.689. The van der Waals surface area contributed by atoms with E-state index in [9.17, 15) is 13.2 Å². The van der Waals surface area contributed by atoms with Crippen molar-refractivity contribution in [2.24, 2.45) is 5.92 Å². The van der Waals surface area contributed by atoms with Crippen molar-refractivity contribution in [1.29, 1.82) is 0 Å². The zero-order chi connectivity index (χ0) is 22.5. The lowest BCUT2D eigenvalue weighted by Gasteiger charge is -2.43. The third-order valence-electron chi connectivity index (χ3n) is 7.18. The minimum atomic E-state index is -3.58. The van der Waals surface area contributed by atoms with Gasteiger partial charge in [-0.05, 0) is 31.2 Å². The summed E-state index contributed by atoms with van der Waals surface area (Å²) >= 11 is 0. The topological polar surface area (TPSA) is 106 Å². The lowest BCUT2D eigenvalue weighted by molar-refractivity contribution is -0.129. The second kappa shape index (κ2) is 7.96. The van der Waals surface area contributed by atoms with E-state index in [1.165, 1.54) is 4.31 Å². The molecule has 1 saturated carbocycles. The van der Waals surface area contributed by atoms with Gasteiger partial charge < -0.3 is 14.8 Å². The van der Waals surface area contributed by atoms with Crippen molar-refractivity contribution in [3.8, 4) is 0 Å². The number of H-pyrrole nitrogens is 1. The molecule has 32 heavy (non-hydrogen) atoms. The third-order valence-corrected chi connectivity index (χ3v) is 9.24. The number of hydrogen-bond acceptors (Lipinski definition) is 6. The summed E-state index contributed by atoms with van der Waals surface area (Å²) in [6, 6.07) is 1.97. The third kappa shape index (κ3) is 3.65. The van der Waals surface area contributed by atoms with E-state index in [1.807, 2.05) is 24.1 Å². The van der Waals surface area contributed by atoms with Gasteiger partial charge in [0.25, 0.3) is 10.2 Å². The molecule has 2 saturated heterocycles. The van der Waals surface area contributed by atoms with Crippen LogP contribution in [-0.4, -0.2) is 94.6 Å². The molecule has 5 rings (SSSR count). The SMILES string of the molecule is CCC(=O)N1CCC(CN(C)S(=O)(=O)N2CCN(c3ncnc4[nH]ccc34)CC23CC3)C1. The maximum atomic E-state index is 13.5. The van der Waals surface area contributed by atoms with Gasteiger partial charge in [-0.25, -0.2) is 9.97 Å². The Kier molecular flexibility index (Phi) is 5.37. The number of rotatable bonds is 6. The van der Waals surface area contributed by atoms with Crippen LogP contribution in [-0.2, 0) is 15.0 Å². The largest absolute Gasteiger partial charge is 0.353 e. The fraction of sp³-hybridized carbons (Fsp3) is 0.667. The molecule has 1 unspecified atom stereocenters. The van der Waals surface area contributed by atoms with Crippen LogP contribution < -0.4 is 4.90 Å². The molecule has 1 aliphatic carbocycles. The molecule has 1 spiro atoms. The van der Waals surface area contributed by atoms with Gasteiger partial charge in [0.1, 0.15) is 17.8 Å². The van der Waals surface area contributed by atoms with Gasteiger partial charge in [-0.1, -0.05) is 6.92 Å². The van der Waals surface area contributed by atoms with Gasteiger partial charge in [-0.3, -0.25) is 4.79 Å². The molecule has 3 fully saturated rings. The Labute approximate surface area is 188 Å². The molecule has 174 valence electrons. The van der Waals surface area contributed by atoms with Crippen LogP contribution in [0.5, 0.6) is 0 Å². The van der Waals surface area contributed by atoms with Gasteiger partial charge in [0.05, 0.1) is 10.9 Å². The maximum Gasteiger partial charge on any atom is 0.282 e. The Morgan fingerprint density at radius 2 is 2.09 bits per heavy atom. The number of fused-ring (bicyclic) bond motifs is 1. The second-order valence-corrected chi connectivity index (χ2v) is 11.3. The van der Waals surface area contributed by atoms with Crippen molar-refractivity contribution in [2.75, 3.05) is 51.2 Å². The fourth-order valence-corrected chi connectivity index (χ4v) is 7.00. The van der Waals surface area contributed by atoms with Crippen LogP contribution in [0.25, 0.3) is 11.0 Å². The molecule has 0 aromatic carbocycles. The molecule has 1 N–H and O–H groups in total. The summed E-state index contributed by atoms with van der Waals surface area (Å²) in [6.45, 7) is 5.35. The van der Waals surface area contributed by atoms with Crippen LogP contribution in [0.2, 0.25) is 0 Å². The Balaban J connectivity index is 1.28. The Morgan fingerprint density at radius 3 is 2.84 bits per heavy atom. The highest BCUT2D eigenvalue weighted by molar-refractivity contribution is 7.86. The number of anilines is 1. The van der Waals surface area contributed by atoms with E-state index >= 15 is 0 Å². The normalized spacial score (nSPS) is 23.5. The van der Waals surface area contributed by atoms with Gasteiger partial charge in [-0.15, -0.1) is 0 Å². The van der Waals surface area contributed by atoms with Crippen LogP contribution >= 0.6 is 0 Å². The van der Waals surface area contributed by atoms with Crippen molar-refractivity contribution in [3.63, 3.8) is 0 Å². The lowest BCUT2D eigenvalue weighted by Crippen LogP contribution is -2.60. The molecule has 2 aliphatic heterocycles. The lowest BCUT2D eigenvalue weighted by atomic mass is 10.1. The molecule has 0 radical (unpaired) electrons. The number of hydrogen-bond donors (Lipinski definition) is 1. The molecule has 11 heteroatoms. The van der Waals surface area contributed by atoms with Crippen LogP contribution in [0.4, 0.5) is 5.82 Å². The molecule has 2 aromatic heterocycles. The fourth-order valence-electron chi connectivity index (χ4n) is 5.22. The molecule has 0 bridgehead atoms. The van der Waals surface area contributed by atoms with Crippen molar-refractivity contribution in [1.82, 2.24) is 28.5 Å². The van der Waals surface area contributed by atoms with E-state index in [0.717, 1.165) is 42.7 Å². The number of nitrogens with one attached hydrogen (secondary N) is 1. The summed E-state index contributed by atoms with van der Waals surface area (Å²) in [4.78, 5) is 27.9. The molecular weight excluding hydrogens is 430 g/mol. The highest BCUT2D eigenvalue weighted by atomic mass is 32.2. The first-order valence-electron chi connectivity index (χ1n) is 11.4.